The predicted octanol–water partition coefficient (Wildman–Crippen LogP) is 2.86. The van der Waals surface area contributed by atoms with Gasteiger partial charge in [-0.2, -0.15) is 0 Å². The highest BCUT2D eigenvalue weighted by Crippen LogP contribution is 2.28. The van der Waals surface area contributed by atoms with Gasteiger partial charge in [0.2, 0.25) is 0 Å². The van der Waals surface area contributed by atoms with Gasteiger partial charge in [0.05, 0.1) is 11.9 Å². The summed E-state index contributed by atoms with van der Waals surface area (Å²) in [4.78, 5) is 11.4. The van der Waals surface area contributed by atoms with Crippen molar-refractivity contribution in [1.29, 1.82) is 0 Å². The van der Waals surface area contributed by atoms with E-state index in [-0.39, 0.29) is 0 Å². The number of rotatable bonds is 4. The third kappa shape index (κ3) is 2.55. The van der Waals surface area contributed by atoms with E-state index < -0.39 is 12.0 Å². The van der Waals surface area contributed by atoms with Crippen LogP contribution in [0.5, 0.6) is 0 Å². The van der Waals surface area contributed by atoms with Crippen molar-refractivity contribution in [2.45, 2.75) is 45.1 Å². The van der Waals surface area contributed by atoms with Crippen LogP contribution in [0.25, 0.3) is 11.3 Å². The van der Waals surface area contributed by atoms with Crippen molar-refractivity contribution in [3.05, 3.63) is 35.5 Å². The molecule has 0 saturated heterocycles. The number of hydrogen-bond acceptors (Lipinski definition) is 3. The van der Waals surface area contributed by atoms with Gasteiger partial charge in [0.1, 0.15) is 0 Å². The minimum absolute atomic E-state index is 0.483. The highest BCUT2D eigenvalue weighted by atomic mass is 16.4. The number of aryl methyl sites for hydroxylation is 2. The fraction of sp³-hybridized carbons (Fsp3) is 0.438. The van der Waals surface area contributed by atoms with Gasteiger partial charge >= 0.3 is 5.97 Å². The smallest absolute Gasteiger partial charge is 0.328 e. The first-order valence-corrected chi connectivity index (χ1v) is 7.46. The Morgan fingerprint density at radius 2 is 2.10 bits per heavy atom. The zero-order chi connectivity index (χ0) is 14.8. The van der Waals surface area contributed by atoms with E-state index in [0.717, 1.165) is 24.1 Å². The van der Waals surface area contributed by atoms with Crippen molar-refractivity contribution < 1.29 is 9.90 Å². The molecule has 21 heavy (non-hydrogen) atoms. The Bertz CT molecular complexity index is 663. The number of carbonyl (C=O) groups is 1. The normalized spacial score (nSPS) is 15.5. The van der Waals surface area contributed by atoms with Gasteiger partial charge in [-0.05, 0) is 49.3 Å². The molecule has 1 unspecified atom stereocenters. The SMILES string of the molecule is CCC(C(=O)O)n1nncc1-c1ccc2c(c1)CCCC2. The molecule has 5 nitrogen and oxygen atoms in total. The van der Waals surface area contributed by atoms with Gasteiger partial charge in [-0.25, -0.2) is 9.48 Å². The molecule has 1 atom stereocenters. The van der Waals surface area contributed by atoms with Crippen LogP contribution in [0.1, 0.15) is 43.4 Å². The number of carboxylic acids is 1. The molecule has 0 bridgehead atoms. The summed E-state index contributed by atoms with van der Waals surface area (Å²) in [6.45, 7) is 1.84. The summed E-state index contributed by atoms with van der Waals surface area (Å²) < 4.78 is 1.52. The molecule has 0 saturated carbocycles. The molecule has 0 radical (unpaired) electrons. The fourth-order valence-electron chi connectivity index (χ4n) is 3.03. The lowest BCUT2D eigenvalue weighted by atomic mass is 9.90. The average Bonchev–Trinajstić information content (AvgIpc) is 2.96. The summed E-state index contributed by atoms with van der Waals surface area (Å²) in [5.74, 6) is -0.873. The summed E-state index contributed by atoms with van der Waals surface area (Å²) in [5.41, 5.74) is 4.56. The highest BCUT2D eigenvalue weighted by molar-refractivity contribution is 5.73. The van der Waals surface area contributed by atoms with E-state index in [0.29, 0.717) is 6.42 Å². The summed E-state index contributed by atoms with van der Waals surface area (Å²) in [7, 11) is 0. The fourth-order valence-corrected chi connectivity index (χ4v) is 3.03. The lowest BCUT2D eigenvalue weighted by Crippen LogP contribution is -2.20. The summed E-state index contributed by atoms with van der Waals surface area (Å²) in [6.07, 6.45) is 6.84. The Labute approximate surface area is 123 Å². The first-order chi connectivity index (χ1) is 10.2. The molecule has 5 heteroatoms. The molecule has 0 fully saturated rings. The van der Waals surface area contributed by atoms with E-state index in [2.05, 4.69) is 22.4 Å². The van der Waals surface area contributed by atoms with Crippen LogP contribution in [0, 0.1) is 0 Å². The zero-order valence-corrected chi connectivity index (χ0v) is 12.1. The van der Waals surface area contributed by atoms with Gasteiger partial charge in [0.15, 0.2) is 6.04 Å². The van der Waals surface area contributed by atoms with Gasteiger partial charge in [-0.15, -0.1) is 5.10 Å². The molecule has 3 rings (SSSR count). The first-order valence-electron chi connectivity index (χ1n) is 7.46. The molecule has 2 aromatic rings. The predicted molar refractivity (Wildman–Crippen MR) is 79.1 cm³/mol. The third-order valence-corrected chi connectivity index (χ3v) is 4.19. The van der Waals surface area contributed by atoms with Crippen molar-refractivity contribution in [2.75, 3.05) is 0 Å². The van der Waals surface area contributed by atoms with E-state index in [1.54, 1.807) is 6.20 Å². The van der Waals surface area contributed by atoms with Gasteiger partial charge in [-0.1, -0.05) is 24.3 Å². The lowest BCUT2D eigenvalue weighted by molar-refractivity contribution is -0.141. The highest BCUT2D eigenvalue weighted by Gasteiger charge is 2.22. The van der Waals surface area contributed by atoms with Crippen LogP contribution < -0.4 is 0 Å². The van der Waals surface area contributed by atoms with Crippen LogP contribution in [-0.4, -0.2) is 26.1 Å². The maximum Gasteiger partial charge on any atom is 0.328 e. The summed E-state index contributed by atoms with van der Waals surface area (Å²) >= 11 is 0. The average molecular weight is 285 g/mol. The van der Waals surface area contributed by atoms with Crippen molar-refractivity contribution in [3.8, 4) is 11.3 Å². The molecule has 0 aliphatic heterocycles. The first kappa shape index (κ1) is 13.8. The number of nitrogens with zero attached hydrogens (tertiary/aromatic N) is 3. The van der Waals surface area contributed by atoms with Gasteiger partial charge in [-0.3, -0.25) is 0 Å². The number of fused-ring (bicyclic) bond motifs is 1. The molecule has 1 aliphatic rings. The van der Waals surface area contributed by atoms with Crippen LogP contribution >= 0.6 is 0 Å². The third-order valence-electron chi connectivity index (χ3n) is 4.19. The van der Waals surface area contributed by atoms with Crippen molar-refractivity contribution in [2.24, 2.45) is 0 Å². The largest absolute Gasteiger partial charge is 0.480 e. The molecule has 1 aromatic heterocycles. The van der Waals surface area contributed by atoms with Crippen LogP contribution in [0.3, 0.4) is 0 Å². The number of aliphatic carboxylic acids is 1. The maximum absolute atomic E-state index is 11.4. The van der Waals surface area contributed by atoms with E-state index in [1.165, 1.54) is 28.7 Å². The minimum Gasteiger partial charge on any atom is -0.480 e. The summed E-state index contributed by atoms with van der Waals surface area (Å²) in [6, 6.07) is 5.70. The number of hydrogen-bond donors (Lipinski definition) is 1. The van der Waals surface area contributed by atoms with Crippen LogP contribution in [0.2, 0.25) is 0 Å². The van der Waals surface area contributed by atoms with Gasteiger partial charge in [0, 0.05) is 5.56 Å². The number of benzene rings is 1. The standard InChI is InChI=1S/C16H19N3O2/c1-2-14(16(20)21)19-15(10-17-18-19)13-8-7-11-5-3-4-6-12(11)9-13/h7-10,14H,2-6H2,1H3,(H,20,21). The second-order valence-corrected chi connectivity index (χ2v) is 5.52. The van der Waals surface area contributed by atoms with Crippen molar-refractivity contribution in [3.63, 3.8) is 0 Å². The van der Waals surface area contributed by atoms with Gasteiger partial charge < -0.3 is 5.11 Å². The topological polar surface area (TPSA) is 68.0 Å². The lowest BCUT2D eigenvalue weighted by Gasteiger charge is -2.18. The molecule has 1 N–H and O–H groups in total. The Kier molecular flexibility index (Phi) is 3.73. The molecule has 0 amide bonds. The second-order valence-electron chi connectivity index (χ2n) is 5.52. The number of aromatic nitrogens is 3. The molecule has 1 aromatic carbocycles. The van der Waals surface area contributed by atoms with Crippen LogP contribution in [0.15, 0.2) is 24.4 Å². The van der Waals surface area contributed by atoms with E-state index in [1.807, 2.05) is 13.0 Å². The minimum atomic E-state index is -0.873. The molecule has 0 spiro atoms. The quantitative estimate of drug-likeness (QED) is 0.938. The van der Waals surface area contributed by atoms with Crippen molar-refractivity contribution in [1.82, 2.24) is 15.0 Å². The molecular formula is C16H19N3O2. The van der Waals surface area contributed by atoms with Crippen molar-refractivity contribution >= 4 is 5.97 Å². The Hall–Kier alpha value is -2.17. The molecule has 1 aliphatic carbocycles. The maximum atomic E-state index is 11.4. The van der Waals surface area contributed by atoms with Crippen LogP contribution in [0.4, 0.5) is 0 Å². The Balaban J connectivity index is 2.01. The van der Waals surface area contributed by atoms with Crippen LogP contribution in [-0.2, 0) is 17.6 Å². The van der Waals surface area contributed by atoms with E-state index in [9.17, 15) is 9.90 Å². The zero-order valence-electron chi connectivity index (χ0n) is 12.1. The number of carboxylic acid groups (broad SMARTS) is 1. The van der Waals surface area contributed by atoms with E-state index >= 15 is 0 Å². The molecule has 110 valence electrons. The summed E-state index contributed by atoms with van der Waals surface area (Å²) in [5, 5.41) is 17.2. The monoisotopic (exact) mass is 285 g/mol. The van der Waals surface area contributed by atoms with E-state index in [4.69, 9.17) is 0 Å². The molecular weight excluding hydrogens is 266 g/mol. The van der Waals surface area contributed by atoms with Gasteiger partial charge in [0.25, 0.3) is 0 Å². The molecule has 1 heterocycles. The Morgan fingerprint density at radius 1 is 1.33 bits per heavy atom. The Morgan fingerprint density at radius 3 is 2.81 bits per heavy atom. The second kappa shape index (κ2) is 5.68.